The first-order valence-corrected chi connectivity index (χ1v) is 19.2. The summed E-state index contributed by atoms with van der Waals surface area (Å²) in [4.78, 5) is 19.1. The minimum atomic E-state index is -3.52. The van der Waals surface area contributed by atoms with Gasteiger partial charge in [-0.2, -0.15) is 0 Å². The van der Waals surface area contributed by atoms with Gasteiger partial charge in [0.15, 0.2) is 9.84 Å². The van der Waals surface area contributed by atoms with Gasteiger partial charge in [0, 0.05) is 42.5 Å². The molecular weight excluding hydrogens is 647 g/mol. The van der Waals surface area contributed by atoms with Crippen LogP contribution in [-0.2, 0) is 20.6 Å². The Kier molecular flexibility index (Phi) is 10.7. The average molecular weight is 686 g/mol. The van der Waals surface area contributed by atoms with Crippen molar-refractivity contribution in [1.29, 1.82) is 0 Å². The fourth-order valence-corrected chi connectivity index (χ4v) is 8.12. The Labute approximate surface area is 278 Å². The van der Waals surface area contributed by atoms with E-state index in [9.17, 15) is 17.4 Å². The number of hydrogen-bond donors (Lipinski definition) is 0. The van der Waals surface area contributed by atoms with Gasteiger partial charge in [-0.3, -0.25) is 9.00 Å². The summed E-state index contributed by atoms with van der Waals surface area (Å²) in [5.74, 6) is 0.113. The van der Waals surface area contributed by atoms with Gasteiger partial charge in [0.2, 0.25) is 0 Å². The van der Waals surface area contributed by atoms with Gasteiger partial charge >= 0.3 is 0 Å². The van der Waals surface area contributed by atoms with E-state index in [1.54, 1.807) is 30.3 Å². The lowest BCUT2D eigenvalue weighted by Gasteiger charge is -2.34. The lowest BCUT2D eigenvalue weighted by Crippen LogP contribution is -2.36. The summed E-state index contributed by atoms with van der Waals surface area (Å²) >= 11 is 12.7. The van der Waals surface area contributed by atoms with Crippen molar-refractivity contribution >= 4 is 60.5 Å². The molecule has 6 nitrogen and oxygen atoms in total. The number of likely N-dealkylation sites (N-methyl/N-ethyl adjacent to an activating group) is 1. The Hall–Kier alpha value is -2.75. The molecule has 0 spiro atoms. The molecule has 0 bridgehead atoms. The van der Waals surface area contributed by atoms with Gasteiger partial charge in [0.25, 0.3) is 5.91 Å². The van der Waals surface area contributed by atoms with Gasteiger partial charge in [-0.25, -0.2) is 8.42 Å². The summed E-state index contributed by atoms with van der Waals surface area (Å²) in [5, 5.41) is 2.36. The molecule has 0 N–H and O–H groups in total. The SMILES string of the molecule is CN(C[C@@H](CCN1CCC(c2ccccc2S(C)=O)CC1)c1ccc(Cl)c(Cl)c1)C(=O)c1cc(S(C)(=O)=O)cc2ccccc12. The lowest BCUT2D eigenvalue weighted by atomic mass is 9.88. The highest BCUT2D eigenvalue weighted by Crippen LogP contribution is 2.34. The van der Waals surface area contributed by atoms with Gasteiger partial charge in [-0.15, -0.1) is 0 Å². The molecule has 1 unspecified atom stereocenters. The molecule has 238 valence electrons. The predicted octanol–water partition coefficient (Wildman–Crippen LogP) is 7.41. The fraction of sp³-hybridized carbons (Fsp3) is 0.343. The molecule has 0 aliphatic carbocycles. The highest BCUT2D eigenvalue weighted by Gasteiger charge is 2.26. The second kappa shape index (κ2) is 14.3. The molecule has 1 fully saturated rings. The Bertz CT molecular complexity index is 1840. The van der Waals surface area contributed by atoms with Crippen molar-refractivity contribution in [3.63, 3.8) is 0 Å². The van der Waals surface area contributed by atoms with Gasteiger partial charge in [-0.05, 0) is 97.0 Å². The number of piperidine rings is 1. The lowest BCUT2D eigenvalue weighted by molar-refractivity contribution is 0.0783. The van der Waals surface area contributed by atoms with E-state index >= 15 is 0 Å². The number of likely N-dealkylation sites (tertiary alicyclic amines) is 1. The summed E-state index contributed by atoms with van der Waals surface area (Å²) in [7, 11) is -2.78. The van der Waals surface area contributed by atoms with Gasteiger partial charge in [0.05, 0.1) is 25.7 Å². The standard InChI is InChI=1S/C35H38Cl2N2O4S2/c1-38(35(40)31-22-28(45(3,42)43)20-26-8-4-5-9-29(26)31)23-27(25-12-13-32(36)33(37)21-25)16-19-39-17-14-24(15-18-39)30-10-6-7-11-34(30)44(2)41/h4-13,20-22,24,27H,14-19,23H2,1-3H3/t27-,44?/m1/s1. The number of carbonyl (C=O) groups excluding carboxylic acids is 1. The number of hydrogen-bond acceptors (Lipinski definition) is 5. The van der Waals surface area contributed by atoms with Gasteiger partial charge < -0.3 is 9.80 Å². The third kappa shape index (κ3) is 7.98. The molecule has 1 amide bonds. The van der Waals surface area contributed by atoms with Crippen molar-refractivity contribution in [3.05, 3.63) is 106 Å². The van der Waals surface area contributed by atoms with Crippen LogP contribution in [0, 0.1) is 0 Å². The zero-order valence-corrected chi connectivity index (χ0v) is 28.9. The molecule has 0 aromatic heterocycles. The van der Waals surface area contributed by atoms with Crippen LogP contribution in [0.2, 0.25) is 10.0 Å². The molecule has 1 aliphatic rings. The van der Waals surface area contributed by atoms with E-state index in [0.717, 1.165) is 55.6 Å². The highest BCUT2D eigenvalue weighted by atomic mass is 35.5. The Morgan fingerprint density at radius 3 is 2.36 bits per heavy atom. The first-order chi connectivity index (χ1) is 21.4. The molecule has 4 aromatic carbocycles. The summed E-state index contributed by atoms with van der Waals surface area (Å²) in [6, 6.07) is 24.1. The van der Waals surface area contributed by atoms with Crippen LogP contribution in [0.3, 0.4) is 0 Å². The maximum Gasteiger partial charge on any atom is 0.254 e. The molecule has 0 radical (unpaired) electrons. The van der Waals surface area contributed by atoms with E-state index in [-0.39, 0.29) is 16.7 Å². The van der Waals surface area contributed by atoms with Crippen LogP contribution in [0.15, 0.2) is 88.7 Å². The summed E-state index contributed by atoms with van der Waals surface area (Å²) < 4.78 is 37.2. The second-order valence-corrected chi connectivity index (χ2v) is 16.1. The van der Waals surface area contributed by atoms with E-state index in [1.165, 1.54) is 11.6 Å². The van der Waals surface area contributed by atoms with Gasteiger partial charge in [-0.1, -0.05) is 71.7 Å². The van der Waals surface area contributed by atoms with Crippen molar-refractivity contribution in [2.75, 3.05) is 45.7 Å². The molecule has 5 rings (SSSR count). The summed E-state index contributed by atoms with van der Waals surface area (Å²) in [5.41, 5.74) is 2.55. The zero-order chi connectivity index (χ0) is 32.3. The molecule has 1 aliphatic heterocycles. The second-order valence-electron chi connectivity index (χ2n) is 11.9. The molecule has 2 atom stereocenters. The molecule has 1 heterocycles. The zero-order valence-electron chi connectivity index (χ0n) is 25.7. The number of sulfone groups is 1. The number of carbonyl (C=O) groups is 1. The van der Waals surface area contributed by atoms with Gasteiger partial charge in [0.1, 0.15) is 0 Å². The van der Waals surface area contributed by atoms with Crippen LogP contribution in [0.5, 0.6) is 0 Å². The van der Waals surface area contributed by atoms with Crippen LogP contribution in [0.1, 0.15) is 52.6 Å². The van der Waals surface area contributed by atoms with E-state index in [4.69, 9.17) is 23.2 Å². The van der Waals surface area contributed by atoms with E-state index in [0.29, 0.717) is 38.8 Å². The normalized spacial score (nSPS) is 16.0. The molecule has 10 heteroatoms. The van der Waals surface area contributed by atoms with Crippen LogP contribution in [0.25, 0.3) is 10.8 Å². The molecule has 4 aromatic rings. The molecule has 45 heavy (non-hydrogen) atoms. The highest BCUT2D eigenvalue weighted by molar-refractivity contribution is 7.90. The van der Waals surface area contributed by atoms with Crippen molar-refractivity contribution in [2.45, 2.75) is 40.9 Å². The third-order valence-electron chi connectivity index (χ3n) is 8.80. The van der Waals surface area contributed by atoms with Crippen LogP contribution in [-0.4, -0.2) is 74.1 Å². The van der Waals surface area contributed by atoms with E-state index in [1.807, 2.05) is 54.6 Å². The Balaban J connectivity index is 1.33. The molecule has 0 saturated carbocycles. The number of benzene rings is 4. The Morgan fingerprint density at radius 1 is 0.978 bits per heavy atom. The quantitative estimate of drug-likeness (QED) is 0.174. The fourth-order valence-electron chi connectivity index (χ4n) is 6.31. The maximum atomic E-state index is 13.9. The minimum absolute atomic E-state index is 0.0287. The van der Waals surface area contributed by atoms with E-state index in [2.05, 4.69) is 11.0 Å². The number of nitrogens with zero attached hydrogens (tertiary/aromatic N) is 2. The maximum absolute atomic E-state index is 13.9. The van der Waals surface area contributed by atoms with Crippen molar-refractivity contribution in [2.24, 2.45) is 0 Å². The van der Waals surface area contributed by atoms with Crippen LogP contribution >= 0.6 is 23.2 Å². The topological polar surface area (TPSA) is 74.8 Å². The first-order valence-electron chi connectivity index (χ1n) is 15.0. The smallest absolute Gasteiger partial charge is 0.254 e. The predicted molar refractivity (Wildman–Crippen MR) is 185 cm³/mol. The first kappa shape index (κ1) is 33.6. The van der Waals surface area contributed by atoms with E-state index < -0.39 is 20.6 Å². The minimum Gasteiger partial charge on any atom is -0.341 e. The molecule has 1 saturated heterocycles. The third-order valence-corrected chi connectivity index (χ3v) is 11.6. The number of amides is 1. The van der Waals surface area contributed by atoms with Crippen molar-refractivity contribution in [1.82, 2.24) is 9.80 Å². The van der Waals surface area contributed by atoms with Crippen molar-refractivity contribution in [3.8, 4) is 0 Å². The average Bonchev–Trinajstić information content (AvgIpc) is 3.03. The Morgan fingerprint density at radius 2 is 1.67 bits per heavy atom. The monoisotopic (exact) mass is 684 g/mol. The largest absolute Gasteiger partial charge is 0.341 e. The van der Waals surface area contributed by atoms with Crippen LogP contribution in [0.4, 0.5) is 0 Å². The van der Waals surface area contributed by atoms with Crippen molar-refractivity contribution < 1.29 is 17.4 Å². The molecular formula is C35H38Cl2N2O4S2. The van der Waals surface area contributed by atoms with Crippen LogP contribution < -0.4 is 0 Å². The number of fused-ring (bicyclic) bond motifs is 1. The number of halogens is 2. The summed E-state index contributed by atoms with van der Waals surface area (Å²) in [6.07, 6.45) is 5.67. The number of rotatable bonds is 10. The summed E-state index contributed by atoms with van der Waals surface area (Å²) in [6.45, 7) is 3.12.